The van der Waals surface area contributed by atoms with Crippen LogP contribution < -0.4 is 10.6 Å². The molecule has 2 fully saturated rings. The molecule has 1 atom stereocenters. The maximum atomic E-state index is 12.3. The molecule has 2 amide bonds. The SMILES string of the molecule is CCC[C@H](NC(=O)CNC(=O)c1cccc([C]2[CH][CH][CH][CH]2)c1)C(=O)OCC.[CH]1[CH][CH][CH][CH]1.[Fe+2]. The Morgan fingerprint density at radius 2 is 1.58 bits per heavy atom. The van der Waals surface area contributed by atoms with Crippen LogP contribution in [0.1, 0.15) is 42.6 Å². The van der Waals surface area contributed by atoms with E-state index < -0.39 is 17.9 Å². The summed E-state index contributed by atoms with van der Waals surface area (Å²) in [6.07, 6.45) is 19.0. The van der Waals surface area contributed by atoms with E-state index in [2.05, 4.69) is 10.6 Å². The number of ether oxygens (including phenoxy) is 1. The van der Waals surface area contributed by atoms with Gasteiger partial charge >= 0.3 is 23.0 Å². The molecule has 0 aliphatic heterocycles. The van der Waals surface area contributed by atoms with Crippen LogP contribution in [-0.4, -0.2) is 37.0 Å². The molecule has 174 valence electrons. The predicted octanol–water partition coefficient (Wildman–Crippen LogP) is 3.04. The van der Waals surface area contributed by atoms with Gasteiger partial charge in [0.25, 0.3) is 5.91 Å². The van der Waals surface area contributed by atoms with Crippen molar-refractivity contribution < 1.29 is 36.2 Å². The summed E-state index contributed by atoms with van der Waals surface area (Å²) < 4.78 is 4.96. The van der Waals surface area contributed by atoms with E-state index in [1.165, 1.54) is 0 Å². The summed E-state index contributed by atoms with van der Waals surface area (Å²) in [5, 5.41) is 5.20. The van der Waals surface area contributed by atoms with Crippen LogP contribution in [0.4, 0.5) is 0 Å². The molecule has 3 rings (SSSR count). The van der Waals surface area contributed by atoms with E-state index in [1.54, 1.807) is 25.1 Å². The second-order valence-corrected chi connectivity index (χ2v) is 7.06. The molecule has 0 unspecified atom stereocenters. The van der Waals surface area contributed by atoms with Gasteiger partial charge < -0.3 is 15.4 Å². The normalized spacial score (nSPS) is 16.1. The van der Waals surface area contributed by atoms with Crippen LogP contribution in [0.3, 0.4) is 0 Å². The van der Waals surface area contributed by atoms with Crippen molar-refractivity contribution in [3.05, 3.63) is 99.1 Å². The van der Waals surface area contributed by atoms with Crippen molar-refractivity contribution in [1.82, 2.24) is 10.6 Å². The molecule has 0 spiro atoms. The van der Waals surface area contributed by atoms with E-state index in [4.69, 9.17) is 4.74 Å². The van der Waals surface area contributed by atoms with Gasteiger partial charge in [-0.15, -0.1) is 0 Å². The monoisotopic (exact) mass is 490 g/mol. The molecular formula is C26H30FeN2O4+2. The average Bonchev–Trinajstić information content (AvgIpc) is 3.54. The first-order valence-corrected chi connectivity index (χ1v) is 10.8. The molecule has 2 N–H and O–H groups in total. The topological polar surface area (TPSA) is 84.5 Å². The molecule has 2 aliphatic carbocycles. The summed E-state index contributed by atoms with van der Waals surface area (Å²) in [5.41, 5.74) is 1.40. The van der Waals surface area contributed by atoms with Crippen molar-refractivity contribution in [2.45, 2.75) is 32.7 Å². The first kappa shape index (κ1) is 29.2. The van der Waals surface area contributed by atoms with Crippen LogP contribution >= 0.6 is 0 Å². The standard InChI is InChI=1S/C21H25N2O4.C5H5.Fe/c1-3-8-18(21(26)27-4-2)23-19(24)14-22-20(25)17-12-7-11-16(13-17)15-9-5-6-10-15;1-2-4-5-3-1;/h5-7,9-13,18H,3-4,8,14H2,1-2H3,(H,22,25)(H,23,24);1-5H;/q;;+2/t18-;;/m0../s1. The fourth-order valence-corrected chi connectivity index (χ4v) is 3.02. The molecule has 2 saturated carbocycles. The zero-order chi connectivity index (χ0) is 23.2. The summed E-state index contributed by atoms with van der Waals surface area (Å²) in [4.78, 5) is 36.3. The van der Waals surface area contributed by atoms with E-state index >= 15 is 0 Å². The minimum atomic E-state index is -0.694. The van der Waals surface area contributed by atoms with E-state index in [0.717, 1.165) is 17.9 Å². The van der Waals surface area contributed by atoms with E-state index in [9.17, 15) is 14.4 Å². The second-order valence-electron chi connectivity index (χ2n) is 7.06. The van der Waals surface area contributed by atoms with E-state index in [-0.39, 0.29) is 36.1 Å². The summed E-state index contributed by atoms with van der Waals surface area (Å²) >= 11 is 0. The molecular weight excluding hydrogens is 460 g/mol. The summed E-state index contributed by atoms with van der Waals surface area (Å²) in [6.45, 7) is 3.68. The van der Waals surface area contributed by atoms with Crippen LogP contribution in [0, 0.1) is 63.7 Å². The quantitative estimate of drug-likeness (QED) is 0.412. The molecule has 1 aromatic rings. The van der Waals surface area contributed by atoms with Crippen LogP contribution in [0.5, 0.6) is 0 Å². The van der Waals surface area contributed by atoms with Crippen molar-refractivity contribution in [3.8, 4) is 0 Å². The van der Waals surface area contributed by atoms with Gasteiger partial charge in [-0.1, -0.05) is 25.5 Å². The van der Waals surface area contributed by atoms with Crippen molar-refractivity contribution in [1.29, 1.82) is 0 Å². The summed E-state index contributed by atoms with van der Waals surface area (Å²) in [7, 11) is 0. The van der Waals surface area contributed by atoms with Gasteiger partial charge in [0.2, 0.25) is 5.91 Å². The van der Waals surface area contributed by atoms with Gasteiger partial charge in [0.15, 0.2) is 0 Å². The second kappa shape index (κ2) is 16.7. The van der Waals surface area contributed by atoms with Gasteiger partial charge in [-0.2, -0.15) is 0 Å². The van der Waals surface area contributed by atoms with Crippen LogP contribution in [0.25, 0.3) is 0 Å². The van der Waals surface area contributed by atoms with Crippen molar-refractivity contribution in [2.24, 2.45) is 0 Å². The third-order valence-corrected chi connectivity index (χ3v) is 4.57. The molecule has 33 heavy (non-hydrogen) atoms. The third-order valence-electron chi connectivity index (χ3n) is 4.57. The van der Waals surface area contributed by atoms with Crippen LogP contribution in [0.2, 0.25) is 0 Å². The molecule has 0 saturated heterocycles. The largest absolute Gasteiger partial charge is 2.00 e. The summed E-state index contributed by atoms with van der Waals surface area (Å²) in [5.74, 6) is -0.204. The Balaban J connectivity index is 0.000000799. The van der Waals surface area contributed by atoms with E-state index in [1.807, 2.05) is 70.8 Å². The maximum Gasteiger partial charge on any atom is 2.00 e. The Morgan fingerprint density at radius 1 is 0.939 bits per heavy atom. The zero-order valence-corrected chi connectivity index (χ0v) is 20.0. The Hall–Kier alpha value is -1.85. The first-order chi connectivity index (χ1) is 15.5. The Kier molecular flexibility index (Phi) is 14.8. The van der Waals surface area contributed by atoms with Crippen molar-refractivity contribution >= 4 is 17.8 Å². The van der Waals surface area contributed by atoms with Crippen LogP contribution in [0.15, 0.2) is 24.3 Å². The van der Waals surface area contributed by atoms with Gasteiger partial charge in [0, 0.05) is 11.5 Å². The number of nitrogens with one attached hydrogen (secondary N) is 2. The molecule has 10 radical (unpaired) electrons. The van der Waals surface area contributed by atoms with E-state index in [0.29, 0.717) is 12.0 Å². The molecule has 0 bridgehead atoms. The minimum absolute atomic E-state index is 0. The van der Waals surface area contributed by atoms with Crippen molar-refractivity contribution in [2.75, 3.05) is 13.2 Å². The molecule has 6 nitrogen and oxygen atoms in total. The smallest absolute Gasteiger partial charge is 0.464 e. The van der Waals surface area contributed by atoms with Gasteiger partial charge in [-0.05, 0) is 88.8 Å². The number of rotatable bonds is 9. The molecule has 0 heterocycles. The number of carbonyl (C=O) groups excluding carboxylic acids is 3. The number of hydrogen-bond donors (Lipinski definition) is 2. The Labute approximate surface area is 209 Å². The van der Waals surface area contributed by atoms with Gasteiger partial charge in [0.05, 0.1) is 13.2 Å². The number of amides is 2. The fourth-order valence-electron chi connectivity index (χ4n) is 3.02. The van der Waals surface area contributed by atoms with Crippen molar-refractivity contribution in [3.63, 3.8) is 0 Å². The Morgan fingerprint density at radius 3 is 2.15 bits per heavy atom. The number of benzene rings is 1. The van der Waals surface area contributed by atoms with Gasteiger partial charge in [-0.3, -0.25) is 9.59 Å². The zero-order valence-electron chi connectivity index (χ0n) is 18.9. The third kappa shape index (κ3) is 10.7. The van der Waals surface area contributed by atoms with Gasteiger partial charge in [-0.25, -0.2) is 4.79 Å². The predicted molar refractivity (Wildman–Crippen MR) is 123 cm³/mol. The van der Waals surface area contributed by atoms with Crippen LogP contribution in [-0.2, 0) is 31.4 Å². The minimum Gasteiger partial charge on any atom is -0.464 e. The molecule has 0 aromatic heterocycles. The number of carbonyl (C=O) groups is 3. The summed E-state index contributed by atoms with van der Waals surface area (Å²) in [6, 6.07) is 6.50. The first-order valence-electron chi connectivity index (χ1n) is 10.8. The van der Waals surface area contributed by atoms with Gasteiger partial charge in [0.1, 0.15) is 6.04 Å². The molecule has 7 heteroatoms. The number of hydrogen-bond acceptors (Lipinski definition) is 4. The number of esters is 1. The molecule has 2 aliphatic rings. The molecule has 1 aromatic carbocycles. The maximum absolute atomic E-state index is 12.3. The Bertz CT molecular complexity index is 723. The average molecular weight is 490 g/mol. The fraction of sp³-hybridized carbons (Fsp3) is 0.269.